The quantitative estimate of drug-likeness (QED) is 0.377. The van der Waals surface area contributed by atoms with E-state index in [0.717, 1.165) is 5.56 Å². The second kappa shape index (κ2) is 14.9. The molecule has 0 bridgehead atoms. The maximum absolute atomic E-state index is 13.2. The van der Waals surface area contributed by atoms with Crippen LogP contribution >= 0.6 is 0 Å². The molecule has 8 heteroatoms. The summed E-state index contributed by atoms with van der Waals surface area (Å²) in [6.45, 7) is 2.84. The molecule has 0 saturated carbocycles. The van der Waals surface area contributed by atoms with Crippen LogP contribution in [0, 0.1) is 5.41 Å². The molecule has 0 aromatic heterocycles. The molecule has 1 aliphatic heterocycles. The number of cyclic esters (lactones) is 1. The number of aliphatic hydroxyl groups excluding tert-OH is 2. The van der Waals surface area contributed by atoms with Crippen LogP contribution in [0.2, 0.25) is 0 Å². The van der Waals surface area contributed by atoms with Crippen LogP contribution in [0.3, 0.4) is 0 Å². The molecule has 5 atom stereocenters. The summed E-state index contributed by atoms with van der Waals surface area (Å²) in [6, 6.07) is 9.23. The highest BCUT2D eigenvalue weighted by atomic mass is 16.7. The van der Waals surface area contributed by atoms with Gasteiger partial charge in [-0.05, 0) is 18.6 Å². The van der Waals surface area contributed by atoms with Crippen molar-refractivity contribution in [1.82, 2.24) is 5.32 Å². The van der Waals surface area contributed by atoms with Crippen molar-refractivity contribution in [2.24, 2.45) is 5.41 Å². The molecule has 2 aliphatic rings. The van der Waals surface area contributed by atoms with Gasteiger partial charge in [-0.25, -0.2) is 4.79 Å². The first kappa shape index (κ1) is 32.0. The highest BCUT2D eigenvalue weighted by Gasteiger charge is 2.53. The number of benzene rings is 1. The lowest BCUT2D eigenvalue weighted by Crippen LogP contribution is -2.39. The van der Waals surface area contributed by atoms with Gasteiger partial charge in [-0.3, -0.25) is 4.79 Å². The van der Waals surface area contributed by atoms with Crippen molar-refractivity contribution in [1.29, 1.82) is 0 Å². The Morgan fingerprint density at radius 1 is 0.833 bits per heavy atom. The molecular formula is C34H37NO7. The predicted octanol–water partition coefficient (Wildman–Crippen LogP) is 4.77. The number of aliphatic hydroxyl groups is 3. The van der Waals surface area contributed by atoms with E-state index in [1.165, 1.54) is 32.3 Å². The fourth-order valence-electron chi connectivity index (χ4n) is 4.48. The Morgan fingerprint density at radius 2 is 1.40 bits per heavy atom. The summed E-state index contributed by atoms with van der Waals surface area (Å²) in [6.07, 6.45) is 23.8. The summed E-state index contributed by atoms with van der Waals surface area (Å²) in [5.74, 6) is -3.74. The Kier molecular flexibility index (Phi) is 11.4. The third-order valence-corrected chi connectivity index (χ3v) is 6.69. The summed E-state index contributed by atoms with van der Waals surface area (Å²) >= 11 is 0. The third kappa shape index (κ3) is 8.50. The normalized spacial score (nSPS) is 35.4. The number of nitrogens with one attached hydrogen (secondary N) is 1. The average molecular weight is 572 g/mol. The zero-order chi connectivity index (χ0) is 30.6. The van der Waals surface area contributed by atoms with E-state index in [1.807, 2.05) is 42.5 Å². The van der Waals surface area contributed by atoms with Crippen molar-refractivity contribution in [2.45, 2.75) is 37.9 Å². The van der Waals surface area contributed by atoms with Gasteiger partial charge in [0, 0.05) is 20.1 Å². The highest BCUT2D eigenvalue weighted by molar-refractivity contribution is 5.93. The lowest BCUT2D eigenvalue weighted by molar-refractivity contribution is -0.181. The summed E-state index contributed by atoms with van der Waals surface area (Å²) in [4.78, 5) is 25.7. The van der Waals surface area contributed by atoms with Gasteiger partial charge in [0.15, 0.2) is 0 Å². The first-order valence-corrected chi connectivity index (χ1v) is 13.4. The summed E-state index contributed by atoms with van der Waals surface area (Å²) < 4.78 is 10.5. The highest BCUT2D eigenvalue weighted by Crippen LogP contribution is 2.45. The van der Waals surface area contributed by atoms with Gasteiger partial charge >= 0.3 is 5.97 Å². The Morgan fingerprint density at radius 3 is 2.05 bits per heavy atom. The van der Waals surface area contributed by atoms with Crippen LogP contribution in [0.1, 0.15) is 25.5 Å². The molecule has 3 rings (SSSR count). The van der Waals surface area contributed by atoms with E-state index in [1.54, 1.807) is 73.8 Å². The fraction of sp³-hybridized carbons (Fsp3) is 0.235. The van der Waals surface area contributed by atoms with Gasteiger partial charge in [0.1, 0.15) is 18.0 Å². The van der Waals surface area contributed by atoms with Gasteiger partial charge in [-0.2, -0.15) is 0 Å². The number of rotatable bonds is 2. The smallest absolute Gasteiger partial charge is 0.341 e. The van der Waals surface area contributed by atoms with Crippen LogP contribution in [0.25, 0.3) is 0 Å². The summed E-state index contributed by atoms with van der Waals surface area (Å²) in [5.41, 5.74) is -0.678. The molecule has 0 unspecified atom stereocenters. The Bertz CT molecular complexity index is 1380. The number of hydrogen-bond acceptors (Lipinski definition) is 7. The van der Waals surface area contributed by atoms with Crippen molar-refractivity contribution in [2.75, 3.05) is 7.11 Å². The largest absolute Gasteiger partial charge is 0.509 e. The predicted molar refractivity (Wildman–Crippen MR) is 162 cm³/mol. The van der Waals surface area contributed by atoms with Gasteiger partial charge in [-0.1, -0.05) is 115 Å². The lowest BCUT2D eigenvalue weighted by Gasteiger charge is -2.29. The number of esters is 1. The molecule has 42 heavy (non-hydrogen) atoms. The number of carbonyl (C=O) groups excluding carboxylic acids is 2. The second-order valence-electron chi connectivity index (χ2n) is 9.99. The van der Waals surface area contributed by atoms with Crippen molar-refractivity contribution in [3.05, 3.63) is 144 Å². The van der Waals surface area contributed by atoms with Gasteiger partial charge in [0.25, 0.3) is 0 Å². The molecule has 0 fully saturated rings. The van der Waals surface area contributed by atoms with E-state index < -0.39 is 35.1 Å². The lowest BCUT2D eigenvalue weighted by atomic mass is 9.80. The van der Waals surface area contributed by atoms with E-state index in [2.05, 4.69) is 5.32 Å². The van der Waals surface area contributed by atoms with Crippen molar-refractivity contribution in [3.63, 3.8) is 0 Å². The minimum Gasteiger partial charge on any atom is -0.509 e. The molecule has 1 aliphatic carbocycles. The number of fused-ring (bicyclic) bond motifs is 1. The molecule has 1 aromatic rings. The van der Waals surface area contributed by atoms with Gasteiger partial charge in [0.2, 0.25) is 11.7 Å². The third-order valence-electron chi connectivity index (χ3n) is 6.69. The number of hydrogen-bond donors (Lipinski definition) is 4. The maximum atomic E-state index is 13.2. The Labute approximate surface area is 246 Å². The van der Waals surface area contributed by atoms with E-state index in [-0.39, 0.29) is 17.5 Å². The summed E-state index contributed by atoms with van der Waals surface area (Å²) in [5, 5.41) is 35.3. The van der Waals surface area contributed by atoms with Crippen LogP contribution in [0.4, 0.5) is 0 Å². The topological polar surface area (TPSA) is 125 Å². The average Bonchev–Trinajstić information content (AvgIpc) is 3.14. The zero-order valence-corrected chi connectivity index (χ0v) is 23.8. The Hall–Kier alpha value is -4.50. The molecule has 1 aromatic carbocycles. The van der Waals surface area contributed by atoms with Crippen LogP contribution in [0.15, 0.2) is 139 Å². The molecular weight excluding hydrogens is 534 g/mol. The first-order valence-electron chi connectivity index (χ1n) is 13.4. The SMILES string of the molecule is CO[C@H]1C(O)=C2C(=O)O[C@](C)(O)\C=C/C=C\C=C/C=C\[C@@H](c3ccccc3)NC(=O)\C=C/C=C\C=C/C=C/[C@@]2(C)[C@H]1O. The van der Waals surface area contributed by atoms with E-state index in [9.17, 15) is 24.9 Å². The zero-order valence-electron chi connectivity index (χ0n) is 23.8. The van der Waals surface area contributed by atoms with Crippen molar-refractivity contribution in [3.8, 4) is 0 Å². The van der Waals surface area contributed by atoms with Crippen LogP contribution < -0.4 is 5.32 Å². The molecule has 0 radical (unpaired) electrons. The fourth-order valence-corrected chi connectivity index (χ4v) is 4.48. The minimum atomic E-state index is -2.01. The monoisotopic (exact) mass is 571 g/mol. The number of allylic oxidation sites excluding steroid dienone is 12. The van der Waals surface area contributed by atoms with Crippen LogP contribution in [0.5, 0.6) is 0 Å². The molecule has 1 amide bonds. The first-order chi connectivity index (χ1) is 20.1. The standard InChI is InChI=1S/C34H37NO7/c1-33-23-17-10-6-5-9-16-22-27(36)35-26(25-19-13-12-14-20-25)21-15-8-4-7-11-18-24-34(2,40)42-32(39)28(33)29(37)30(41-3)31(33)38/h4-24,26,30-31,37-38,40H,1-3H3,(H,35,36)/b8-4-,9-5-,10-6-,11-7-,21-15-,22-16-,23-17+,24-18-/t26-,30-,31-,33+,34-/m0/s1. The van der Waals surface area contributed by atoms with Crippen molar-refractivity contribution >= 4 is 11.9 Å². The molecule has 0 spiro atoms. The van der Waals surface area contributed by atoms with E-state index >= 15 is 0 Å². The number of amides is 1. The second-order valence-corrected chi connectivity index (χ2v) is 9.99. The van der Waals surface area contributed by atoms with E-state index in [0.29, 0.717) is 0 Å². The number of carbonyl (C=O) groups is 2. The summed E-state index contributed by atoms with van der Waals surface area (Å²) in [7, 11) is 1.30. The minimum absolute atomic E-state index is 0.224. The molecule has 220 valence electrons. The number of ether oxygens (including phenoxy) is 2. The van der Waals surface area contributed by atoms with E-state index in [4.69, 9.17) is 9.47 Å². The molecule has 0 saturated heterocycles. The number of methoxy groups -OCH3 is 1. The molecule has 8 nitrogen and oxygen atoms in total. The maximum Gasteiger partial charge on any atom is 0.341 e. The van der Waals surface area contributed by atoms with Gasteiger partial charge in [-0.15, -0.1) is 0 Å². The Balaban J connectivity index is 1.92. The van der Waals surface area contributed by atoms with Crippen molar-refractivity contribution < 1.29 is 34.4 Å². The molecule has 1 heterocycles. The molecule has 4 N–H and O–H groups in total. The van der Waals surface area contributed by atoms with Crippen LogP contribution in [-0.2, 0) is 19.1 Å². The van der Waals surface area contributed by atoms with Crippen LogP contribution in [-0.4, -0.2) is 52.3 Å². The van der Waals surface area contributed by atoms with Gasteiger partial charge < -0.3 is 30.1 Å². The van der Waals surface area contributed by atoms with Gasteiger partial charge in [0.05, 0.1) is 17.0 Å².